The molecule has 1 aromatic carbocycles. The van der Waals surface area contributed by atoms with Gasteiger partial charge in [-0.3, -0.25) is 9.78 Å². The highest BCUT2D eigenvalue weighted by Crippen LogP contribution is 2.11. The molecule has 0 spiro atoms. The minimum Gasteiger partial charge on any atom is -0.497 e. The lowest BCUT2D eigenvalue weighted by Gasteiger charge is -2.08. The fourth-order valence-electron chi connectivity index (χ4n) is 2.17. The van der Waals surface area contributed by atoms with E-state index in [1.165, 1.54) is 13.3 Å². The van der Waals surface area contributed by atoms with E-state index < -0.39 is 6.09 Å². The lowest BCUT2D eigenvalue weighted by Crippen LogP contribution is -2.26. The van der Waals surface area contributed by atoms with Gasteiger partial charge in [-0.1, -0.05) is 12.1 Å². The molecule has 1 heterocycles. The van der Waals surface area contributed by atoms with Gasteiger partial charge in [-0.05, 0) is 36.2 Å². The Morgan fingerprint density at radius 3 is 2.52 bits per heavy atom. The highest BCUT2D eigenvalue weighted by Gasteiger charge is 2.07. The van der Waals surface area contributed by atoms with E-state index in [0.717, 1.165) is 17.7 Å². The van der Waals surface area contributed by atoms with Crippen LogP contribution in [0.1, 0.15) is 21.6 Å². The molecule has 25 heavy (non-hydrogen) atoms. The molecule has 7 heteroatoms. The van der Waals surface area contributed by atoms with Crippen LogP contribution in [0.5, 0.6) is 5.75 Å². The Balaban J connectivity index is 1.84. The minimum absolute atomic E-state index is 0.185. The maximum Gasteiger partial charge on any atom is 0.407 e. The first kappa shape index (κ1) is 18.3. The molecule has 0 radical (unpaired) electrons. The number of hydrogen-bond acceptors (Lipinski definition) is 5. The summed E-state index contributed by atoms with van der Waals surface area (Å²) in [7, 11) is 2.91. The van der Waals surface area contributed by atoms with Gasteiger partial charge in [-0.2, -0.15) is 0 Å². The van der Waals surface area contributed by atoms with Gasteiger partial charge < -0.3 is 20.1 Å². The summed E-state index contributed by atoms with van der Waals surface area (Å²) in [6, 6.07) is 11.0. The molecule has 0 unspecified atom stereocenters. The quantitative estimate of drug-likeness (QED) is 0.802. The third-order valence-corrected chi connectivity index (χ3v) is 3.54. The van der Waals surface area contributed by atoms with Crippen LogP contribution in [0.2, 0.25) is 0 Å². The van der Waals surface area contributed by atoms with E-state index in [-0.39, 0.29) is 12.5 Å². The second-order valence-electron chi connectivity index (χ2n) is 5.23. The molecule has 0 aliphatic carbocycles. The third-order valence-electron chi connectivity index (χ3n) is 3.54. The van der Waals surface area contributed by atoms with Crippen molar-refractivity contribution in [1.82, 2.24) is 15.6 Å². The first-order chi connectivity index (χ1) is 12.1. The smallest absolute Gasteiger partial charge is 0.407 e. The van der Waals surface area contributed by atoms with E-state index in [0.29, 0.717) is 17.8 Å². The van der Waals surface area contributed by atoms with Gasteiger partial charge in [0, 0.05) is 18.3 Å². The van der Waals surface area contributed by atoms with Crippen LogP contribution in [0.4, 0.5) is 4.79 Å². The summed E-state index contributed by atoms with van der Waals surface area (Å²) in [4.78, 5) is 27.4. The van der Waals surface area contributed by atoms with Gasteiger partial charge >= 0.3 is 6.09 Å². The van der Waals surface area contributed by atoms with Crippen molar-refractivity contribution in [2.24, 2.45) is 0 Å². The Bertz CT molecular complexity index is 717. The fourth-order valence-corrected chi connectivity index (χ4v) is 2.17. The van der Waals surface area contributed by atoms with Crippen LogP contribution < -0.4 is 15.4 Å². The Kier molecular flexibility index (Phi) is 6.76. The Morgan fingerprint density at radius 1 is 1.08 bits per heavy atom. The normalized spacial score (nSPS) is 10.0. The summed E-state index contributed by atoms with van der Waals surface area (Å²) in [6.45, 7) is 0.711. The van der Waals surface area contributed by atoms with Crippen molar-refractivity contribution in [2.75, 3.05) is 20.8 Å². The molecule has 0 atom stereocenters. The van der Waals surface area contributed by atoms with Crippen LogP contribution in [0, 0.1) is 0 Å². The largest absolute Gasteiger partial charge is 0.497 e. The molecule has 2 aromatic rings. The highest BCUT2D eigenvalue weighted by atomic mass is 16.5. The van der Waals surface area contributed by atoms with Gasteiger partial charge in [0.15, 0.2) is 0 Å². The van der Waals surface area contributed by atoms with Gasteiger partial charge in [0.1, 0.15) is 5.75 Å². The predicted octanol–water partition coefficient (Wildman–Crippen LogP) is 1.92. The molecule has 0 fully saturated rings. The molecular weight excluding hydrogens is 322 g/mol. The summed E-state index contributed by atoms with van der Waals surface area (Å²) in [5.41, 5.74) is 2.18. The van der Waals surface area contributed by atoms with E-state index in [9.17, 15) is 9.59 Å². The zero-order chi connectivity index (χ0) is 18.1. The monoisotopic (exact) mass is 343 g/mol. The molecule has 0 saturated carbocycles. The second-order valence-corrected chi connectivity index (χ2v) is 5.23. The van der Waals surface area contributed by atoms with Gasteiger partial charge in [-0.25, -0.2) is 4.79 Å². The molecule has 132 valence electrons. The van der Waals surface area contributed by atoms with Crippen LogP contribution >= 0.6 is 0 Å². The summed E-state index contributed by atoms with van der Waals surface area (Å²) in [5, 5.41) is 5.39. The van der Waals surface area contributed by atoms with Crippen LogP contribution in [0.3, 0.4) is 0 Å². The van der Waals surface area contributed by atoms with Crippen molar-refractivity contribution in [1.29, 1.82) is 0 Å². The van der Waals surface area contributed by atoms with Crippen molar-refractivity contribution in [3.8, 4) is 5.75 Å². The number of amides is 2. The molecule has 0 saturated heterocycles. The first-order valence-electron chi connectivity index (χ1n) is 7.80. The summed E-state index contributed by atoms with van der Waals surface area (Å²) in [5.74, 6) is 0.618. The molecular formula is C18H21N3O4. The SMILES string of the molecule is COC(=O)NCc1cc(C(=O)NCCc2ccc(OC)cc2)ccn1. The lowest BCUT2D eigenvalue weighted by molar-refractivity contribution is 0.0954. The van der Waals surface area contributed by atoms with Crippen LogP contribution in [-0.2, 0) is 17.7 Å². The number of nitrogens with one attached hydrogen (secondary N) is 2. The number of hydrogen-bond donors (Lipinski definition) is 2. The number of methoxy groups -OCH3 is 2. The van der Waals surface area contributed by atoms with Gasteiger partial charge in [0.2, 0.25) is 0 Å². The van der Waals surface area contributed by atoms with E-state index in [4.69, 9.17) is 4.74 Å². The van der Waals surface area contributed by atoms with Crippen LogP contribution in [0.15, 0.2) is 42.6 Å². The lowest BCUT2D eigenvalue weighted by atomic mass is 10.1. The summed E-state index contributed by atoms with van der Waals surface area (Å²) < 4.78 is 9.61. The van der Waals surface area contributed by atoms with Crippen LogP contribution in [-0.4, -0.2) is 37.7 Å². The standard InChI is InChI=1S/C18H21N3O4/c1-24-16-5-3-13(4-6-16)7-9-20-17(22)14-8-10-19-15(11-14)12-21-18(23)25-2/h3-6,8,10-11H,7,9,12H2,1-2H3,(H,20,22)(H,21,23). The number of nitrogens with zero attached hydrogens (tertiary/aromatic N) is 1. The topological polar surface area (TPSA) is 89.5 Å². The van der Waals surface area contributed by atoms with Crippen molar-refractivity contribution >= 4 is 12.0 Å². The number of carbonyl (C=O) groups is 2. The molecule has 2 N–H and O–H groups in total. The third kappa shape index (κ3) is 5.80. The molecule has 0 bridgehead atoms. The maximum absolute atomic E-state index is 12.2. The summed E-state index contributed by atoms with van der Waals surface area (Å²) in [6.07, 6.45) is 1.71. The van der Waals surface area contributed by atoms with Crippen molar-refractivity contribution in [3.63, 3.8) is 0 Å². The number of ether oxygens (including phenoxy) is 2. The average Bonchev–Trinajstić information content (AvgIpc) is 2.66. The number of alkyl carbamates (subject to hydrolysis) is 1. The summed E-state index contributed by atoms with van der Waals surface area (Å²) >= 11 is 0. The van der Waals surface area contributed by atoms with Crippen molar-refractivity contribution in [3.05, 3.63) is 59.4 Å². The average molecular weight is 343 g/mol. The number of pyridine rings is 1. The van der Waals surface area contributed by atoms with Gasteiger partial charge in [0.25, 0.3) is 5.91 Å². The van der Waals surface area contributed by atoms with Crippen molar-refractivity contribution < 1.29 is 19.1 Å². The predicted molar refractivity (Wildman–Crippen MR) is 92.5 cm³/mol. The molecule has 1 aromatic heterocycles. The van der Waals surface area contributed by atoms with E-state index in [1.807, 2.05) is 24.3 Å². The highest BCUT2D eigenvalue weighted by molar-refractivity contribution is 5.94. The van der Waals surface area contributed by atoms with Crippen molar-refractivity contribution in [2.45, 2.75) is 13.0 Å². The Morgan fingerprint density at radius 2 is 1.84 bits per heavy atom. The number of benzene rings is 1. The minimum atomic E-state index is -0.545. The molecule has 0 aliphatic heterocycles. The Labute approximate surface area is 146 Å². The van der Waals surface area contributed by atoms with E-state index >= 15 is 0 Å². The number of aromatic nitrogens is 1. The first-order valence-corrected chi connectivity index (χ1v) is 7.80. The van der Waals surface area contributed by atoms with E-state index in [2.05, 4.69) is 20.4 Å². The maximum atomic E-state index is 12.2. The molecule has 0 aliphatic rings. The Hall–Kier alpha value is -3.09. The molecule has 2 amide bonds. The number of carbonyl (C=O) groups excluding carboxylic acids is 2. The van der Waals surface area contributed by atoms with Gasteiger partial charge in [0.05, 0.1) is 26.5 Å². The second kappa shape index (κ2) is 9.27. The fraction of sp³-hybridized carbons (Fsp3) is 0.278. The zero-order valence-electron chi connectivity index (χ0n) is 14.2. The zero-order valence-corrected chi connectivity index (χ0v) is 14.2. The van der Waals surface area contributed by atoms with E-state index in [1.54, 1.807) is 19.2 Å². The number of rotatable bonds is 7. The molecule has 7 nitrogen and oxygen atoms in total. The van der Waals surface area contributed by atoms with Crippen LogP contribution in [0.25, 0.3) is 0 Å². The molecule has 2 rings (SSSR count). The van der Waals surface area contributed by atoms with Gasteiger partial charge in [-0.15, -0.1) is 0 Å².